The minimum absolute atomic E-state index is 0.231. The molecule has 1 aliphatic heterocycles. The zero-order chi connectivity index (χ0) is 41.2. The van der Waals surface area contributed by atoms with E-state index in [1.807, 2.05) is 0 Å². The summed E-state index contributed by atoms with van der Waals surface area (Å²) in [5.74, 6) is -0.726. The predicted octanol–water partition coefficient (Wildman–Crippen LogP) is 6.61. The molecule has 8 N–H and O–H groups in total. The smallest absolute Gasteiger partial charge is 0.249 e. The van der Waals surface area contributed by atoms with E-state index in [4.69, 9.17) is 9.47 Å². The maximum atomic E-state index is 13.0. The first-order chi connectivity index (χ1) is 27.2. The summed E-state index contributed by atoms with van der Waals surface area (Å²) in [4.78, 5) is 13.0. The molecule has 11 heteroatoms. The van der Waals surface area contributed by atoms with Crippen LogP contribution < -0.4 is 5.32 Å². The van der Waals surface area contributed by atoms with E-state index in [9.17, 15) is 40.5 Å². The molecule has 0 bridgehead atoms. The molecule has 326 valence electrons. The molecule has 1 rings (SSSR count). The van der Waals surface area contributed by atoms with Gasteiger partial charge < -0.3 is 50.5 Å². The molecule has 1 fully saturated rings. The zero-order valence-corrected chi connectivity index (χ0v) is 34.8. The summed E-state index contributed by atoms with van der Waals surface area (Å²) >= 11 is 0. The van der Waals surface area contributed by atoms with Gasteiger partial charge >= 0.3 is 0 Å². The number of rotatable bonds is 35. The lowest BCUT2D eigenvalue weighted by molar-refractivity contribution is -0.303. The molecule has 1 heterocycles. The van der Waals surface area contributed by atoms with Crippen molar-refractivity contribution in [3.8, 4) is 0 Å². The highest BCUT2D eigenvalue weighted by atomic mass is 16.7. The number of unbranched alkanes of at least 4 members (excludes halogenated alkanes) is 16. The number of aliphatic hydroxyl groups is 7. The van der Waals surface area contributed by atoms with Gasteiger partial charge in [-0.3, -0.25) is 4.79 Å². The second-order valence-corrected chi connectivity index (χ2v) is 15.4. The quantitative estimate of drug-likeness (QED) is 0.0197. The molecule has 9 unspecified atom stereocenters. The molecule has 9 atom stereocenters. The van der Waals surface area contributed by atoms with Gasteiger partial charge in [0.05, 0.1) is 25.4 Å². The van der Waals surface area contributed by atoms with E-state index in [0.717, 1.165) is 57.8 Å². The number of nitrogens with one attached hydrogen (secondary N) is 1. The molecule has 56 heavy (non-hydrogen) atoms. The van der Waals surface area contributed by atoms with Crippen molar-refractivity contribution >= 4 is 5.91 Å². The van der Waals surface area contributed by atoms with Crippen molar-refractivity contribution < 1.29 is 50.0 Å². The van der Waals surface area contributed by atoms with Crippen molar-refractivity contribution in [2.45, 2.75) is 217 Å². The summed E-state index contributed by atoms with van der Waals surface area (Å²) in [6.45, 7) is 3.34. The lowest BCUT2D eigenvalue weighted by Crippen LogP contribution is -2.60. The summed E-state index contributed by atoms with van der Waals surface area (Å²) in [5, 5.41) is 75.5. The van der Waals surface area contributed by atoms with Crippen LogP contribution in [0.3, 0.4) is 0 Å². The molecule has 0 saturated carbocycles. The predicted molar refractivity (Wildman–Crippen MR) is 224 cm³/mol. The number of hydrogen-bond donors (Lipinski definition) is 8. The molecule has 11 nitrogen and oxygen atoms in total. The van der Waals surface area contributed by atoms with Gasteiger partial charge in [-0.2, -0.15) is 0 Å². The second kappa shape index (κ2) is 35.1. The summed E-state index contributed by atoms with van der Waals surface area (Å²) in [5.41, 5.74) is 0. The molecule has 0 aromatic carbocycles. The Bertz CT molecular complexity index is 1050. The van der Waals surface area contributed by atoms with Crippen LogP contribution in [0.25, 0.3) is 0 Å². The average molecular weight is 796 g/mol. The third-order valence-electron chi connectivity index (χ3n) is 10.4. The molecule has 1 aliphatic rings. The maximum Gasteiger partial charge on any atom is 0.249 e. The van der Waals surface area contributed by atoms with Crippen LogP contribution in [0.5, 0.6) is 0 Å². The highest BCUT2D eigenvalue weighted by molar-refractivity contribution is 5.80. The molecule has 1 amide bonds. The Labute approximate surface area is 339 Å². The van der Waals surface area contributed by atoms with Crippen LogP contribution in [0, 0.1) is 0 Å². The largest absolute Gasteiger partial charge is 0.394 e. The number of hydrogen-bond acceptors (Lipinski definition) is 10. The molecule has 0 spiro atoms. The molecular formula is C45H81NO10. The van der Waals surface area contributed by atoms with Crippen LogP contribution in [-0.4, -0.2) is 110 Å². The fraction of sp³-hybridized carbons (Fsp3) is 0.800. The second-order valence-electron chi connectivity index (χ2n) is 15.4. The zero-order valence-electron chi connectivity index (χ0n) is 34.8. The van der Waals surface area contributed by atoms with E-state index in [0.29, 0.717) is 19.3 Å². The molecular weight excluding hydrogens is 714 g/mol. The molecule has 1 saturated heterocycles. The van der Waals surface area contributed by atoms with Gasteiger partial charge in [-0.25, -0.2) is 0 Å². The van der Waals surface area contributed by atoms with Crippen molar-refractivity contribution in [2.24, 2.45) is 0 Å². The lowest BCUT2D eigenvalue weighted by atomic mass is 9.98. The molecule has 0 aromatic rings. The van der Waals surface area contributed by atoms with Crippen molar-refractivity contribution in [3.63, 3.8) is 0 Å². The van der Waals surface area contributed by atoms with Gasteiger partial charge in [-0.1, -0.05) is 133 Å². The molecule has 0 radical (unpaired) electrons. The Morgan fingerprint density at radius 1 is 0.625 bits per heavy atom. The fourth-order valence-electron chi connectivity index (χ4n) is 6.62. The Morgan fingerprint density at radius 2 is 1.12 bits per heavy atom. The normalized spacial score (nSPS) is 22.8. The number of aliphatic hydroxyl groups excluding tert-OH is 7. The average Bonchev–Trinajstić information content (AvgIpc) is 3.20. The van der Waals surface area contributed by atoms with Gasteiger partial charge in [-0.15, -0.1) is 0 Å². The van der Waals surface area contributed by atoms with Crippen molar-refractivity contribution in [1.82, 2.24) is 5.32 Å². The minimum atomic E-state index is -1.67. The maximum absolute atomic E-state index is 13.0. The van der Waals surface area contributed by atoms with Crippen LogP contribution in [-0.2, 0) is 14.3 Å². The van der Waals surface area contributed by atoms with E-state index in [-0.39, 0.29) is 12.8 Å². The lowest BCUT2D eigenvalue weighted by Gasteiger charge is -2.40. The van der Waals surface area contributed by atoms with E-state index in [1.165, 1.54) is 57.8 Å². The minimum Gasteiger partial charge on any atom is -0.394 e. The van der Waals surface area contributed by atoms with Crippen LogP contribution in [0.1, 0.15) is 162 Å². The van der Waals surface area contributed by atoms with Crippen molar-refractivity contribution in [2.75, 3.05) is 13.2 Å². The number of amides is 1. The standard InChI is InChI=1S/C45H81NO10/c1-3-5-7-9-11-13-15-17-19-21-22-24-26-28-30-32-37(48)40(50)36(35-55-45-43(53)42(52)41(51)39(34-47)56-45)46-44(54)38(49)33-31-29-27-25-23-20-18-16-14-12-10-8-6-4-2/h12,14,16-19,24,26,36-43,45,47-53H,3-11,13,15,20-23,25,27-35H2,1-2H3,(H,46,54)/b14-12-,18-16-,19-17+,26-24+. The monoisotopic (exact) mass is 796 g/mol. The molecule has 0 aliphatic carbocycles. The van der Waals surface area contributed by atoms with Gasteiger partial charge in [0.1, 0.15) is 36.6 Å². The van der Waals surface area contributed by atoms with E-state index in [2.05, 4.69) is 67.8 Å². The van der Waals surface area contributed by atoms with Gasteiger partial charge in [0.15, 0.2) is 6.29 Å². The van der Waals surface area contributed by atoms with Gasteiger partial charge in [0, 0.05) is 0 Å². The highest BCUT2D eigenvalue weighted by Gasteiger charge is 2.44. The summed E-state index contributed by atoms with van der Waals surface area (Å²) in [6, 6.07) is -1.20. The van der Waals surface area contributed by atoms with Gasteiger partial charge in [0.25, 0.3) is 0 Å². The van der Waals surface area contributed by atoms with E-state index < -0.39 is 74.2 Å². The Balaban J connectivity index is 2.55. The Morgan fingerprint density at radius 3 is 1.73 bits per heavy atom. The van der Waals surface area contributed by atoms with Gasteiger partial charge in [-0.05, 0) is 77.0 Å². The highest BCUT2D eigenvalue weighted by Crippen LogP contribution is 2.23. The van der Waals surface area contributed by atoms with Crippen LogP contribution in [0.15, 0.2) is 48.6 Å². The topological polar surface area (TPSA) is 189 Å². The number of ether oxygens (including phenoxy) is 2. The van der Waals surface area contributed by atoms with Crippen LogP contribution in [0.2, 0.25) is 0 Å². The first kappa shape index (κ1) is 52.1. The van der Waals surface area contributed by atoms with Crippen LogP contribution in [0.4, 0.5) is 0 Å². The summed E-state index contributed by atoms with van der Waals surface area (Å²) in [6.07, 6.45) is 28.7. The third kappa shape index (κ3) is 24.8. The third-order valence-corrected chi connectivity index (χ3v) is 10.4. The van der Waals surface area contributed by atoms with E-state index in [1.54, 1.807) is 0 Å². The summed E-state index contributed by atoms with van der Waals surface area (Å²) in [7, 11) is 0. The number of allylic oxidation sites excluding steroid dienone is 8. The van der Waals surface area contributed by atoms with E-state index >= 15 is 0 Å². The first-order valence-corrected chi connectivity index (χ1v) is 22.1. The van der Waals surface area contributed by atoms with Crippen molar-refractivity contribution in [1.29, 1.82) is 0 Å². The Kier molecular flexibility index (Phi) is 32.6. The fourth-order valence-corrected chi connectivity index (χ4v) is 6.62. The van der Waals surface area contributed by atoms with Crippen molar-refractivity contribution in [3.05, 3.63) is 48.6 Å². The first-order valence-electron chi connectivity index (χ1n) is 22.1. The molecule has 0 aromatic heterocycles. The number of carbonyl (C=O) groups excluding carboxylic acids is 1. The SMILES string of the molecule is CCCCC/C=C\C=C/CCCCCCCC(O)C(=O)NC(COC1OC(CO)C(O)C(O)C1O)C(O)C(O)CCC/C=C/CC/C=C/CCCCCCCC. The van der Waals surface area contributed by atoms with Crippen LogP contribution >= 0.6 is 0 Å². The summed E-state index contributed by atoms with van der Waals surface area (Å²) < 4.78 is 11.0. The number of carbonyl (C=O) groups is 1. The Hall–Kier alpha value is -1.93. The van der Waals surface area contributed by atoms with Gasteiger partial charge in [0.2, 0.25) is 5.91 Å².